The van der Waals surface area contributed by atoms with Crippen LogP contribution in [0.25, 0.3) is 0 Å². The minimum atomic E-state index is 0.520. The third kappa shape index (κ3) is 17.6. The van der Waals surface area contributed by atoms with Gasteiger partial charge in [0, 0.05) is 6.04 Å². The molecule has 0 aromatic carbocycles. The van der Waals surface area contributed by atoms with Gasteiger partial charge in [-0.15, -0.1) is 0 Å². The molecule has 0 heterocycles. The van der Waals surface area contributed by atoms with E-state index in [0.717, 1.165) is 18.9 Å². The van der Waals surface area contributed by atoms with E-state index in [2.05, 4.69) is 81.5 Å². The summed E-state index contributed by atoms with van der Waals surface area (Å²) in [5.41, 5.74) is 1.19. The summed E-state index contributed by atoms with van der Waals surface area (Å²) in [4.78, 5) is 2.49. The predicted octanol–water partition coefficient (Wildman–Crippen LogP) is 14.1. The van der Waals surface area contributed by atoms with Gasteiger partial charge in [0.05, 0.1) is 0 Å². The van der Waals surface area contributed by atoms with Gasteiger partial charge in [-0.2, -0.15) is 0 Å². The molecule has 0 saturated heterocycles. The van der Waals surface area contributed by atoms with Crippen LogP contribution >= 0.6 is 0 Å². The summed E-state index contributed by atoms with van der Waals surface area (Å²) >= 11 is 0. The number of rotatable bonds is 3. The van der Waals surface area contributed by atoms with E-state index in [1.165, 1.54) is 167 Å². The van der Waals surface area contributed by atoms with Crippen LogP contribution in [0.15, 0.2) is 48.6 Å². The van der Waals surface area contributed by atoms with Crippen molar-refractivity contribution in [2.45, 2.75) is 200 Å². The Morgan fingerprint density at radius 3 is 1.25 bits per heavy atom. The predicted molar refractivity (Wildman–Crippen MR) is 200 cm³/mol. The van der Waals surface area contributed by atoms with Crippen molar-refractivity contribution in [2.24, 2.45) is 10.8 Å². The molecule has 0 radical (unpaired) electrons. The van der Waals surface area contributed by atoms with Crippen molar-refractivity contribution in [3.05, 3.63) is 48.6 Å². The van der Waals surface area contributed by atoms with Crippen LogP contribution in [0.5, 0.6) is 0 Å². The molecule has 1 heteroatoms. The summed E-state index contributed by atoms with van der Waals surface area (Å²) in [7, 11) is 4.59. The molecule has 0 aliphatic heterocycles. The highest BCUT2D eigenvalue weighted by molar-refractivity contribution is 4.96. The van der Waals surface area contributed by atoms with E-state index >= 15 is 0 Å². The van der Waals surface area contributed by atoms with Crippen LogP contribution in [0.4, 0.5) is 0 Å². The first-order valence-electron chi connectivity index (χ1n) is 19.8. The Balaban J connectivity index is 1.81. The SMILES string of the molecule is CCC1(CC)CCC=CCC=CCCCCCCCCC2(CCCCCCCCC=CCC=CCC1)CCC(N(C)C)CC2. The summed E-state index contributed by atoms with van der Waals surface area (Å²) in [6.07, 6.45) is 57.9. The fourth-order valence-electron chi connectivity index (χ4n) is 8.17. The zero-order chi connectivity index (χ0) is 31.6. The van der Waals surface area contributed by atoms with Crippen LogP contribution in [-0.4, -0.2) is 25.0 Å². The van der Waals surface area contributed by atoms with Crippen molar-refractivity contribution < 1.29 is 0 Å². The molecule has 1 spiro atoms. The van der Waals surface area contributed by atoms with Gasteiger partial charge >= 0.3 is 0 Å². The third-order valence-corrected chi connectivity index (χ3v) is 11.8. The minimum absolute atomic E-state index is 0.520. The van der Waals surface area contributed by atoms with Gasteiger partial charge in [0.25, 0.3) is 0 Å². The zero-order valence-electron chi connectivity index (χ0n) is 30.4. The molecule has 2 aliphatic carbocycles. The molecular formula is C43H77N. The average Bonchev–Trinajstić information content (AvgIpc) is 3.03. The normalized spacial score (nSPS) is 27.5. The highest BCUT2D eigenvalue weighted by Gasteiger charge is 2.34. The van der Waals surface area contributed by atoms with Gasteiger partial charge in [0.15, 0.2) is 0 Å². The van der Waals surface area contributed by atoms with Crippen LogP contribution in [0.3, 0.4) is 0 Å². The van der Waals surface area contributed by atoms with Crippen LogP contribution in [0.2, 0.25) is 0 Å². The molecule has 0 atom stereocenters. The summed E-state index contributed by atoms with van der Waals surface area (Å²) in [5.74, 6) is 0. The largest absolute Gasteiger partial charge is 0.306 e. The fraction of sp³-hybridized carbons (Fsp3) is 0.814. The van der Waals surface area contributed by atoms with E-state index in [-0.39, 0.29) is 0 Å². The summed E-state index contributed by atoms with van der Waals surface area (Å²) in [6.45, 7) is 4.81. The average molecular weight is 608 g/mol. The van der Waals surface area contributed by atoms with E-state index < -0.39 is 0 Å². The van der Waals surface area contributed by atoms with Crippen molar-refractivity contribution in [3.8, 4) is 0 Å². The summed E-state index contributed by atoms with van der Waals surface area (Å²) < 4.78 is 0. The smallest absolute Gasteiger partial charge is 0.00895 e. The maximum absolute atomic E-state index is 2.49. The van der Waals surface area contributed by atoms with Crippen LogP contribution in [0, 0.1) is 10.8 Å². The molecule has 254 valence electrons. The Hall–Kier alpha value is -1.08. The Bertz CT molecular complexity index is 721. The summed E-state index contributed by atoms with van der Waals surface area (Å²) in [6, 6.07) is 0.825. The molecule has 0 aromatic rings. The molecule has 2 rings (SSSR count). The molecule has 0 bridgehead atoms. The Morgan fingerprint density at radius 1 is 0.455 bits per heavy atom. The van der Waals surface area contributed by atoms with Crippen molar-refractivity contribution in [1.29, 1.82) is 0 Å². The van der Waals surface area contributed by atoms with E-state index in [1.54, 1.807) is 0 Å². The molecule has 0 unspecified atom stereocenters. The lowest BCUT2D eigenvalue weighted by molar-refractivity contribution is 0.0938. The van der Waals surface area contributed by atoms with E-state index in [0.29, 0.717) is 10.8 Å². The molecule has 1 fully saturated rings. The Labute approximate surface area is 277 Å². The lowest BCUT2D eigenvalue weighted by atomic mass is 9.66. The van der Waals surface area contributed by atoms with E-state index in [9.17, 15) is 0 Å². The second kappa shape index (κ2) is 25.1. The molecule has 0 aromatic heterocycles. The van der Waals surface area contributed by atoms with Gasteiger partial charge in [-0.25, -0.2) is 0 Å². The third-order valence-electron chi connectivity index (χ3n) is 11.8. The second-order valence-corrected chi connectivity index (χ2v) is 15.2. The molecular weight excluding hydrogens is 530 g/mol. The Kier molecular flexibility index (Phi) is 22.3. The van der Waals surface area contributed by atoms with Gasteiger partial charge in [-0.05, 0) is 128 Å². The van der Waals surface area contributed by atoms with Gasteiger partial charge in [-0.3, -0.25) is 0 Å². The fourth-order valence-corrected chi connectivity index (χ4v) is 8.17. The number of allylic oxidation sites excluding steroid dienone is 8. The van der Waals surface area contributed by atoms with Gasteiger partial charge in [0.2, 0.25) is 0 Å². The monoisotopic (exact) mass is 608 g/mol. The number of hydrogen-bond acceptors (Lipinski definition) is 1. The summed E-state index contributed by atoms with van der Waals surface area (Å²) in [5, 5.41) is 0. The van der Waals surface area contributed by atoms with Crippen LogP contribution in [-0.2, 0) is 0 Å². The van der Waals surface area contributed by atoms with Crippen LogP contribution in [0.1, 0.15) is 194 Å². The quantitative estimate of drug-likeness (QED) is 0.288. The first-order chi connectivity index (χ1) is 21.5. The lowest BCUT2D eigenvalue weighted by Gasteiger charge is -2.42. The first kappa shape index (κ1) is 39.1. The first-order valence-corrected chi connectivity index (χ1v) is 19.8. The van der Waals surface area contributed by atoms with Gasteiger partial charge in [0.1, 0.15) is 0 Å². The lowest BCUT2D eigenvalue weighted by Crippen LogP contribution is -2.37. The maximum Gasteiger partial charge on any atom is 0.00895 e. The molecule has 44 heavy (non-hydrogen) atoms. The van der Waals surface area contributed by atoms with Crippen LogP contribution < -0.4 is 0 Å². The van der Waals surface area contributed by atoms with Crippen molar-refractivity contribution in [2.75, 3.05) is 14.1 Å². The van der Waals surface area contributed by atoms with Gasteiger partial charge in [-0.1, -0.05) is 140 Å². The molecule has 1 nitrogen and oxygen atoms in total. The van der Waals surface area contributed by atoms with E-state index in [1.807, 2.05) is 0 Å². The van der Waals surface area contributed by atoms with Crippen molar-refractivity contribution in [3.63, 3.8) is 0 Å². The van der Waals surface area contributed by atoms with E-state index in [4.69, 9.17) is 0 Å². The van der Waals surface area contributed by atoms with Crippen molar-refractivity contribution >= 4 is 0 Å². The topological polar surface area (TPSA) is 3.24 Å². The zero-order valence-corrected chi connectivity index (χ0v) is 30.4. The van der Waals surface area contributed by atoms with Crippen molar-refractivity contribution in [1.82, 2.24) is 4.90 Å². The maximum atomic E-state index is 2.49. The minimum Gasteiger partial charge on any atom is -0.306 e. The molecule has 0 N–H and O–H groups in total. The standard InChI is InChI=1S/C43H77N/c1-5-42(6-2)35-29-25-21-17-13-9-7-11-15-19-23-27-31-37-43(39-33-41(34-40-43)44(3)4)38-32-28-24-20-16-12-8-10-14-18-22-26-30-36-42/h9-10,13-14,21-22,25-26,41H,5-8,11-12,15-20,23-24,27-40H2,1-4H3. The highest BCUT2D eigenvalue weighted by Crippen LogP contribution is 2.45. The highest BCUT2D eigenvalue weighted by atomic mass is 15.1. The molecule has 2 aliphatic rings. The number of nitrogens with zero attached hydrogens (tertiary/aromatic N) is 1. The molecule has 0 amide bonds. The second-order valence-electron chi connectivity index (χ2n) is 15.2. The molecule has 1 saturated carbocycles. The van der Waals surface area contributed by atoms with Gasteiger partial charge < -0.3 is 4.90 Å². The Morgan fingerprint density at radius 2 is 0.841 bits per heavy atom. The number of hydrogen-bond donors (Lipinski definition) is 0.